The predicted octanol–water partition coefficient (Wildman–Crippen LogP) is 0.287. The Kier molecular flexibility index (Phi) is 11.1. The fraction of sp³-hybridized carbons (Fsp3) is 0.714. The number of carbonyl (C=O) groups is 2. The molecule has 14 nitrogen and oxygen atoms in total. The summed E-state index contributed by atoms with van der Waals surface area (Å²) in [6, 6.07) is 0.000746. The van der Waals surface area contributed by atoms with Gasteiger partial charge in [-0.15, -0.1) is 0 Å². The van der Waals surface area contributed by atoms with Crippen molar-refractivity contribution in [1.29, 1.82) is 0 Å². The molecule has 16 heteroatoms. The fourth-order valence-corrected chi connectivity index (χ4v) is 7.12. The zero-order valence-electron chi connectivity index (χ0n) is 21.2. The van der Waals surface area contributed by atoms with E-state index in [2.05, 4.69) is 5.09 Å². The van der Waals surface area contributed by atoms with Crippen LogP contribution in [0.3, 0.4) is 0 Å². The molecule has 0 aliphatic carbocycles. The highest BCUT2D eigenvalue weighted by molar-refractivity contribution is 8.56. The van der Waals surface area contributed by atoms with Crippen LogP contribution in [0, 0.1) is 0 Å². The summed E-state index contributed by atoms with van der Waals surface area (Å²) < 4.78 is 35.7. The number of rotatable bonds is 13. The number of aliphatic hydroxyl groups excluding tert-OH is 1. The number of aromatic nitrogens is 2. The van der Waals surface area contributed by atoms with Gasteiger partial charge in [-0.05, 0) is 34.6 Å². The highest BCUT2D eigenvalue weighted by Crippen LogP contribution is 2.57. The Balaban J connectivity index is 2.17. The van der Waals surface area contributed by atoms with Gasteiger partial charge in [0.1, 0.15) is 23.9 Å². The zero-order valence-corrected chi connectivity index (χ0v) is 23.0. The molecule has 1 fully saturated rings. The van der Waals surface area contributed by atoms with Gasteiger partial charge in [-0.1, -0.05) is 11.4 Å². The van der Waals surface area contributed by atoms with Gasteiger partial charge in [0.15, 0.2) is 6.23 Å². The Morgan fingerprint density at radius 1 is 1.35 bits per heavy atom. The van der Waals surface area contributed by atoms with Gasteiger partial charge in [0.2, 0.25) is 0 Å². The van der Waals surface area contributed by atoms with E-state index in [1.165, 1.54) is 13.8 Å². The number of carbonyl (C=O) groups excluding carboxylic acids is 2. The number of nitrogens with one attached hydrogen (secondary N) is 2. The van der Waals surface area contributed by atoms with Gasteiger partial charge in [-0.2, -0.15) is 0 Å². The zero-order chi connectivity index (χ0) is 28.0. The second-order valence-corrected chi connectivity index (χ2v) is 13.1. The summed E-state index contributed by atoms with van der Waals surface area (Å²) >= 11 is 0.747. The van der Waals surface area contributed by atoms with E-state index >= 15 is 0 Å². The van der Waals surface area contributed by atoms with Gasteiger partial charge in [-0.3, -0.25) is 28.5 Å². The molecular formula is C21H34N3O11PS. The molecule has 37 heavy (non-hydrogen) atoms. The number of aliphatic hydroxyl groups is 2. The second kappa shape index (κ2) is 13.2. The van der Waals surface area contributed by atoms with Gasteiger partial charge in [0.25, 0.3) is 5.56 Å². The number of esters is 2. The van der Waals surface area contributed by atoms with Crippen molar-refractivity contribution in [1.82, 2.24) is 14.6 Å². The van der Waals surface area contributed by atoms with Crippen LogP contribution in [0.2, 0.25) is 0 Å². The van der Waals surface area contributed by atoms with Gasteiger partial charge in [-0.25, -0.2) is 9.88 Å². The summed E-state index contributed by atoms with van der Waals surface area (Å²) in [5.74, 6) is -1.16. The Labute approximate surface area is 217 Å². The first-order valence-corrected chi connectivity index (χ1v) is 14.8. The lowest BCUT2D eigenvalue weighted by molar-refractivity contribution is -0.149. The largest absolute Gasteiger partial charge is 0.466 e. The first-order valence-electron chi connectivity index (χ1n) is 11.6. The maximum atomic E-state index is 13.6. The van der Waals surface area contributed by atoms with E-state index in [9.17, 15) is 34.0 Å². The van der Waals surface area contributed by atoms with E-state index in [4.69, 9.17) is 18.7 Å². The van der Waals surface area contributed by atoms with Gasteiger partial charge >= 0.3 is 24.3 Å². The Morgan fingerprint density at radius 2 is 2.03 bits per heavy atom. The second-order valence-electron chi connectivity index (χ2n) is 8.73. The minimum absolute atomic E-state index is 0.0241. The van der Waals surface area contributed by atoms with E-state index in [1.54, 1.807) is 20.8 Å². The monoisotopic (exact) mass is 567 g/mol. The van der Waals surface area contributed by atoms with Gasteiger partial charge in [0.05, 0.1) is 25.7 Å². The highest BCUT2D eigenvalue weighted by atomic mass is 32.7. The van der Waals surface area contributed by atoms with Crippen molar-refractivity contribution in [2.75, 3.05) is 19.0 Å². The summed E-state index contributed by atoms with van der Waals surface area (Å²) in [6.07, 6.45) is -3.62. The Bertz CT molecular complexity index is 1110. The van der Waals surface area contributed by atoms with Gasteiger partial charge < -0.3 is 28.9 Å². The maximum absolute atomic E-state index is 13.6. The smallest absolute Gasteiger partial charge is 0.330 e. The molecule has 1 aliphatic heterocycles. The van der Waals surface area contributed by atoms with Gasteiger partial charge in [0, 0.05) is 18.0 Å². The molecule has 2 heterocycles. The summed E-state index contributed by atoms with van der Waals surface area (Å²) in [4.78, 5) is 49.5. The molecule has 0 radical (unpaired) electrons. The molecule has 1 aliphatic rings. The average molecular weight is 568 g/mol. The molecule has 0 amide bonds. The summed E-state index contributed by atoms with van der Waals surface area (Å²) in [5, 5.41) is 24.1. The van der Waals surface area contributed by atoms with Crippen LogP contribution in [0.1, 0.15) is 47.3 Å². The summed E-state index contributed by atoms with van der Waals surface area (Å²) in [6.45, 7) is 3.38. The molecule has 0 bridgehead atoms. The van der Waals surface area contributed by atoms with E-state index in [-0.39, 0.29) is 18.8 Å². The third-order valence-corrected chi connectivity index (χ3v) is 9.32. The van der Waals surface area contributed by atoms with E-state index < -0.39 is 72.7 Å². The van der Waals surface area contributed by atoms with Crippen LogP contribution in [0.25, 0.3) is 0 Å². The molecule has 1 aromatic heterocycles. The predicted molar refractivity (Wildman–Crippen MR) is 133 cm³/mol. The fourth-order valence-electron chi connectivity index (χ4n) is 3.38. The highest BCUT2D eigenvalue weighted by Gasteiger charge is 2.54. The van der Waals surface area contributed by atoms with E-state index in [0.717, 1.165) is 28.2 Å². The van der Waals surface area contributed by atoms with Crippen molar-refractivity contribution in [2.45, 2.75) is 77.2 Å². The number of H-pyrrole nitrogens is 1. The molecule has 210 valence electrons. The maximum Gasteiger partial charge on any atom is 0.330 e. The van der Waals surface area contributed by atoms with Crippen molar-refractivity contribution >= 4 is 30.0 Å². The molecule has 1 unspecified atom stereocenters. The SMILES string of the molecule is CCOC(=O)CCSP(=O)(N[C@@H](C)C(=O)OC(C)C)OC[C@H]1O[C@@H](n2ccc(=O)[nH]c2=O)[C@](C)(O)[C@@H]1O. The third-order valence-electron chi connectivity index (χ3n) is 5.20. The van der Waals surface area contributed by atoms with E-state index in [1.807, 2.05) is 4.98 Å². The summed E-state index contributed by atoms with van der Waals surface area (Å²) in [7, 11) is 0. The van der Waals surface area contributed by atoms with Crippen molar-refractivity contribution in [2.24, 2.45) is 0 Å². The lowest BCUT2D eigenvalue weighted by atomic mass is 9.96. The van der Waals surface area contributed by atoms with Crippen molar-refractivity contribution in [3.63, 3.8) is 0 Å². The van der Waals surface area contributed by atoms with Crippen molar-refractivity contribution in [3.05, 3.63) is 33.1 Å². The number of hydrogen-bond donors (Lipinski definition) is 4. The molecular weight excluding hydrogens is 533 g/mol. The number of hydrogen-bond acceptors (Lipinski definition) is 12. The van der Waals surface area contributed by atoms with Crippen LogP contribution >= 0.6 is 18.1 Å². The average Bonchev–Trinajstić information content (AvgIpc) is 3.01. The van der Waals surface area contributed by atoms with Crippen LogP contribution in [0.15, 0.2) is 21.9 Å². The topological polar surface area (TPSA) is 195 Å². The minimum Gasteiger partial charge on any atom is -0.466 e. The molecule has 2 rings (SSSR count). The molecule has 1 aromatic rings. The molecule has 4 N–H and O–H groups in total. The number of nitrogens with zero attached hydrogens (tertiary/aromatic N) is 1. The summed E-state index contributed by atoms with van der Waals surface area (Å²) in [5.41, 5.74) is -3.51. The third kappa shape index (κ3) is 8.50. The molecule has 0 saturated carbocycles. The van der Waals surface area contributed by atoms with Crippen LogP contribution in [-0.4, -0.2) is 80.6 Å². The number of ether oxygens (including phenoxy) is 3. The minimum atomic E-state index is -3.91. The van der Waals surface area contributed by atoms with Crippen LogP contribution in [0.5, 0.6) is 0 Å². The van der Waals surface area contributed by atoms with Crippen LogP contribution < -0.4 is 16.3 Å². The van der Waals surface area contributed by atoms with E-state index in [0.29, 0.717) is 0 Å². The molecule has 0 aromatic carbocycles. The van der Waals surface area contributed by atoms with Crippen LogP contribution in [-0.2, 0) is 32.9 Å². The lowest BCUT2D eigenvalue weighted by Crippen LogP contribution is -2.46. The quantitative estimate of drug-likeness (QED) is 0.188. The molecule has 0 spiro atoms. The lowest BCUT2D eigenvalue weighted by Gasteiger charge is -2.27. The standard InChI is InChI=1S/C21H34N3O11PS/c1-6-32-16(26)8-10-37-36(31,23-13(4)18(28)34-12(2)3)33-11-14-17(27)21(5,30)19(35-14)24-9-7-15(25)22-20(24)29/h7,9,12-14,17,19,27,30H,6,8,10-11H2,1-5H3,(H,23,31)(H,22,25,29)/t13-,14+,17+,19+,21+,36?/m0/s1. The molecule has 1 saturated heterocycles. The molecule has 6 atom stereocenters. The Hall–Kier alpha value is -2.00. The van der Waals surface area contributed by atoms with Crippen molar-refractivity contribution in [3.8, 4) is 0 Å². The first-order chi connectivity index (χ1) is 17.2. The number of aromatic amines is 1. The van der Waals surface area contributed by atoms with Crippen molar-refractivity contribution < 1.29 is 43.1 Å². The Morgan fingerprint density at radius 3 is 2.62 bits per heavy atom. The van der Waals surface area contributed by atoms with Crippen LogP contribution in [0.4, 0.5) is 0 Å². The normalized spacial score (nSPS) is 26.0. The first kappa shape index (κ1) is 31.2.